The van der Waals surface area contributed by atoms with Gasteiger partial charge in [0.25, 0.3) is 11.7 Å². The molecule has 1 atom stereocenters. The number of rotatable bonds is 3. The van der Waals surface area contributed by atoms with Gasteiger partial charge in [0.1, 0.15) is 23.7 Å². The molecule has 5 rings (SSSR count). The maximum atomic E-state index is 12.3. The Hall–Kier alpha value is -2.97. The van der Waals surface area contributed by atoms with Crippen molar-refractivity contribution in [2.45, 2.75) is 45.3 Å². The van der Waals surface area contributed by atoms with Gasteiger partial charge in [0.2, 0.25) is 0 Å². The minimum absolute atomic E-state index is 0.0143. The van der Waals surface area contributed by atoms with Gasteiger partial charge in [-0.2, -0.15) is 14.6 Å². The van der Waals surface area contributed by atoms with Crippen molar-refractivity contribution in [2.75, 3.05) is 11.4 Å². The van der Waals surface area contributed by atoms with Crippen LogP contribution in [-0.2, 0) is 6.54 Å². The Morgan fingerprint density at radius 1 is 1.27 bits per heavy atom. The van der Waals surface area contributed by atoms with Crippen LogP contribution in [0.25, 0.3) is 5.78 Å². The summed E-state index contributed by atoms with van der Waals surface area (Å²) in [5.41, 5.74) is 1.39. The zero-order chi connectivity index (χ0) is 17.8. The van der Waals surface area contributed by atoms with E-state index in [0.29, 0.717) is 17.5 Å². The molecule has 1 aliphatic heterocycles. The zero-order valence-electron chi connectivity index (χ0n) is 14.8. The van der Waals surface area contributed by atoms with E-state index in [-0.39, 0.29) is 11.9 Å². The minimum atomic E-state index is -0.0772. The Balaban J connectivity index is 1.49. The van der Waals surface area contributed by atoms with Crippen molar-refractivity contribution in [2.24, 2.45) is 0 Å². The van der Waals surface area contributed by atoms with Crippen LogP contribution < -0.4 is 10.2 Å². The van der Waals surface area contributed by atoms with Gasteiger partial charge in [0.15, 0.2) is 0 Å². The Labute approximate surface area is 150 Å². The predicted molar refractivity (Wildman–Crippen MR) is 94.0 cm³/mol. The van der Waals surface area contributed by atoms with Crippen LogP contribution in [0.1, 0.15) is 47.8 Å². The maximum absolute atomic E-state index is 12.3. The van der Waals surface area contributed by atoms with Crippen molar-refractivity contribution in [3.63, 3.8) is 0 Å². The van der Waals surface area contributed by atoms with Crippen molar-refractivity contribution < 1.29 is 4.79 Å². The number of fused-ring (bicyclic) bond motifs is 2. The van der Waals surface area contributed by atoms with Gasteiger partial charge in [0, 0.05) is 37.1 Å². The summed E-state index contributed by atoms with van der Waals surface area (Å²) in [6.07, 6.45) is 5.52. The van der Waals surface area contributed by atoms with Crippen LogP contribution in [0.3, 0.4) is 0 Å². The van der Waals surface area contributed by atoms with E-state index in [2.05, 4.69) is 41.8 Å². The molecule has 2 aliphatic rings. The molecule has 26 heavy (non-hydrogen) atoms. The highest BCUT2D eigenvalue weighted by Gasteiger charge is 2.31. The average Bonchev–Trinajstić information content (AvgIpc) is 3.13. The Morgan fingerprint density at radius 2 is 2.12 bits per heavy atom. The van der Waals surface area contributed by atoms with Crippen LogP contribution in [-0.4, -0.2) is 47.6 Å². The summed E-state index contributed by atoms with van der Waals surface area (Å²) in [6.45, 7) is 5.61. The topological polar surface area (TPSA) is 93.2 Å². The highest BCUT2D eigenvalue weighted by atomic mass is 16.2. The number of carbonyl (C=O) groups is 1. The number of anilines is 1. The van der Waals surface area contributed by atoms with Crippen molar-refractivity contribution in [1.29, 1.82) is 0 Å². The summed E-state index contributed by atoms with van der Waals surface area (Å²) in [7, 11) is 0. The molecule has 4 heterocycles. The first-order valence-corrected chi connectivity index (χ1v) is 8.92. The van der Waals surface area contributed by atoms with Gasteiger partial charge in [-0.05, 0) is 26.7 Å². The van der Waals surface area contributed by atoms with E-state index in [4.69, 9.17) is 0 Å². The second-order valence-corrected chi connectivity index (χ2v) is 7.02. The average molecular weight is 352 g/mol. The molecule has 3 aromatic heterocycles. The quantitative estimate of drug-likeness (QED) is 0.759. The van der Waals surface area contributed by atoms with Crippen molar-refractivity contribution >= 4 is 17.5 Å². The number of amides is 1. The molecule has 0 radical (unpaired) electrons. The zero-order valence-corrected chi connectivity index (χ0v) is 14.8. The molecule has 0 bridgehead atoms. The number of nitrogens with one attached hydrogen (secondary N) is 1. The molecule has 1 saturated carbocycles. The van der Waals surface area contributed by atoms with Crippen LogP contribution in [0.2, 0.25) is 0 Å². The van der Waals surface area contributed by atoms with E-state index in [1.807, 2.05) is 19.2 Å². The molecule has 0 aromatic carbocycles. The second kappa shape index (κ2) is 5.52. The monoisotopic (exact) mass is 352 g/mol. The van der Waals surface area contributed by atoms with Crippen LogP contribution >= 0.6 is 0 Å². The first-order chi connectivity index (χ1) is 12.6. The van der Waals surface area contributed by atoms with Crippen molar-refractivity contribution in [1.82, 2.24) is 34.4 Å². The second-order valence-electron chi connectivity index (χ2n) is 7.02. The fourth-order valence-corrected chi connectivity index (χ4v) is 3.52. The lowest BCUT2D eigenvalue weighted by molar-refractivity contribution is 0.0946. The SMILES string of the molecule is Cc1cc(N2CCn3cc(C(=O)NC4CC4)nc3C2C)n2ncnc2n1. The Bertz CT molecular complexity index is 1000. The molecule has 1 unspecified atom stereocenters. The number of carbonyl (C=O) groups excluding carboxylic acids is 1. The number of aryl methyl sites for hydroxylation is 1. The van der Waals surface area contributed by atoms with Gasteiger partial charge >= 0.3 is 0 Å². The minimum Gasteiger partial charge on any atom is -0.348 e. The van der Waals surface area contributed by atoms with Gasteiger partial charge in [-0.3, -0.25) is 4.79 Å². The Kier molecular flexibility index (Phi) is 3.25. The third kappa shape index (κ3) is 2.42. The molecular weight excluding hydrogens is 332 g/mol. The third-order valence-electron chi connectivity index (χ3n) is 5.03. The first-order valence-electron chi connectivity index (χ1n) is 8.92. The molecular formula is C17H20N8O. The first kappa shape index (κ1) is 15.3. The summed E-state index contributed by atoms with van der Waals surface area (Å²) >= 11 is 0. The standard InChI is InChI=1S/C17H20N8O/c1-10-7-14(25-17(20-10)18-9-19-25)24-6-5-23-8-13(22-15(23)11(24)2)16(26)21-12-3-4-12/h7-9,11-12H,3-6H2,1-2H3,(H,21,26). The van der Waals surface area contributed by atoms with Crippen LogP contribution in [0.4, 0.5) is 5.82 Å². The molecule has 0 spiro atoms. The molecule has 134 valence electrons. The van der Waals surface area contributed by atoms with Crippen LogP contribution in [0.5, 0.6) is 0 Å². The number of nitrogens with zero attached hydrogens (tertiary/aromatic N) is 7. The highest BCUT2D eigenvalue weighted by molar-refractivity contribution is 5.92. The summed E-state index contributed by atoms with van der Waals surface area (Å²) in [5.74, 6) is 2.34. The van der Waals surface area contributed by atoms with E-state index in [1.54, 1.807) is 4.52 Å². The van der Waals surface area contributed by atoms with Gasteiger partial charge < -0.3 is 14.8 Å². The van der Waals surface area contributed by atoms with Gasteiger partial charge in [0.05, 0.1) is 6.04 Å². The van der Waals surface area contributed by atoms with E-state index in [0.717, 1.165) is 43.3 Å². The van der Waals surface area contributed by atoms with E-state index in [1.165, 1.54) is 6.33 Å². The summed E-state index contributed by atoms with van der Waals surface area (Å²) in [6, 6.07) is 2.35. The van der Waals surface area contributed by atoms with Crippen LogP contribution in [0, 0.1) is 6.92 Å². The largest absolute Gasteiger partial charge is 0.348 e. The highest BCUT2D eigenvalue weighted by Crippen LogP contribution is 2.30. The molecule has 3 aromatic rings. The number of imidazole rings is 1. The number of aromatic nitrogens is 6. The lowest BCUT2D eigenvalue weighted by Gasteiger charge is -2.35. The molecule has 1 amide bonds. The van der Waals surface area contributed by atoms with Gasteiger partial charge in [-0.25, -0.2) is 9.97 Å². The Morgan fingerprint density at radius 3 is 2.92 bits per heavy atom. The van der Waals surface area contributed by atoms with Gasteiger partial charge in [-0.15, -0.1) is 0 Å². The molecule has 1 aliphatic carbocycles. The molecule has 9 heteroatoms. The fourth-order valence-electron chi connectivity index (χ4n) is 3.52. The lowest BCUT2D eigenvalue weighted by atomic mass is 10.2. The summed E-state index contributed by atoms with van der Waals surface area (Å²) in [5, 5.41) is 7.31. The van der Waals surface area contributed by atoms with E-state index < -0.39 is 0 Å². The van der Waals surface area contributed by atoms with E-state index in [9.17, 15) is 4.79 Å². The molecule has 1 N–H and O–H groups in total. The smallest absolute Gasteiger partial charge is 0.271 e. The number of hydrogen-bond acceptors (Lipinski definition) is 6. The van der Waals surface area contributed by atoms with Crippen molar-refractivity contribution in [3.8, 4) is 0 Å². The lowest BCUT2D eigenvalue weighted by Crippen LogP contribution is -2.38. The van der Waals surface area contributed by atoms with Gasteiger partial charge in [-0.1, -0.05) is 0 Å². The summed E-state index contributed by atoms with van der Waals surface area (Å²) in [4.78, 5) is 27.8. The van der Waals surface area contributed by atoms with E-state index >= 15 is 0 Å². The third-order valence-corrected chi connectivity index (χ3v) is 5.03. The maximum Gasteiger partial charge on any atom is 0.271 e. The van der Waals surface area contributed by atoms with Crippen LogP contribution in [0.15, 0.2) is 18.6 Å². The number of hydrogen-bond donors (Lipinski definition) is 1. The fraction of sp³-hybridized carbons (Fsp3) is 0.471. The predicted octanol–water partition coefficient (Wildman–Crippen LogP) is 1.10. The van der Waals surface area contributed by atoms with Crippen molar-refractivity contribution in [3.05, 3.63) is 35.8 Å². The normalized spacial score (nSPS) is 19.6. The molecule has 1 fully saturated rings. The molecule has 0 saturated heterocycles. The molecule has 9 nitrogen and oxygen atoms in total. The summed E-state index contributed by atoms with van der Waals surface area (Å²) < 4.78 is 3.83.